The zero-order valence-electron chi connectivity index (χ0n) is 15.5. The molecule has 7 nitrogen and oxygen atoms in total. The summed E-state index contributed by atoms with van der Waals surface area (Å²) >= 11 is 0. The second-order valence-corrected chi connectivity index (χ2v) is 10.1. The summed E-state index contributed by atoms with van der Waals surface area (Å²) < 4.78 is 97.6. The van der Waals surface area contributed by atoms with Crippen molar-refractivity contribution in [2.75, 3.05) is 6.61 Å². The molecule has 0 saturated carbocycles. The van der Waals surface area contributed by atoms with Gasteiger partial charge in [-0.25, -0.2) is 12.7 Å². The lowest BCUT2D eigenvalue weighted by Gasteiger charge is -2.33. The molecular formula is C16H20F3NO6S2. The summed E-state index contributed by atoms with van der Waals surface area (Å²) in [6, 6.07) is 5.52. The molecule has 0 N–H and O–H groups in total. The van der Waals surface area contributed by atoms with Gasteiger partial charge >= 0.3 is 15.6 Å². The van der Waals surface area contributed by atoms with E-state index in [-0.39, 0.29) is 11.5 Å². The van der Waals surface area contributed by atoms with Crippen LogP contribution in [0.15, 0.2) is 41.1 Å². The Morgan fingerprint density at radius 2 is 1.64 bits per heavy atom. The summed E-state index contributed by atoms with van der Waals surface area (Å²) in [5.74, 6) is -0.985. The number of alkyl halides is 3. The van der Waals surface area contributed by atoms with E-state index in [2.05, 4.69) is 4.18 Å². The summed E-state index contributed by atoms with van der Waals surface area (Å²) in [6.07, 6.45) is -0.315. The molecule has 2 rings (SSSR count). The first-order chi connectivity index (χ1) is 12.6. The number of ether oxygens (including phenoxy) is 1. The average Bonchev–Trinajstić information content (AvgIpc) is 2.77. The summed E-state index contributed by atoms with van der Waals surface area (Å²) in [6.45, 7) is 6.30. The topological polar surface area (TPSA) is 90.0 Å². The lowest BCUT2D eigenvalue weighted by molar-refractivity contribution is -0.0616. The Morgan fingerprint density at radius 3 is 2.11 bits per heavy atom. The van der Waals surface area contributed by atoms with E-state index in [1.807, 2.05) is 0 Å². The Morgan fingerprint density at radius 1 is 1.11 bits per heavy atom. The van der Waals surface area contributed by atoms with Crippen molar-refractivity contribution in [1.82, 2.24) is 4.31 Å². The van der Waals surface area contributed by atoms with E-state index in [1.165, 1.54) is 38.1 Å². The Balaban J connectivity index is 2.60. The normalized spacial score (nSPS) is 20.2. The fourth-order valence-corrected chi connectivity index (χ4v) is 4.71. The second-order valence-electron chi connectivity index (χ2n) is 6.71. The quantitative estimate of drug-likeness (QED) is 0.496. The molecule has 1 aliphatic heterocycles. The van der Waals surface area contributed by atoms with Gasteiger partial charge in [-0.15, -0.1) is 0 Å². The standard InChI is InChI=1S/C16H20F3NO6S2/c1-5-25-14-15(3,4)10-13(26-28(23,24)16(17,18)19)20(14)27(21,22)12-8-6-11(2)7-9-12/h6-10,14H,5H2,1-4H3. The van der Waals surface area contributed by atoms with Gasteiger partial charge in [0.15, 0.2) is 6.23 Å². The third-order valence-electron chi connectivity index (χ3n) is 3.94. The maximum absolute atomic E-state index is 13.1. The monoisotopic (exact) mass is 443 g/mol. The lowest BCUT2D eigenvalue weighted by atomic mass is 9.93. The first-order valence-corrected chi connectivity index (χ1v) is 10.9. The van der Waals surface area contributed by atoms with E-state index in [0.29, 0.717) is 4.31 Å². The van der Waals surface area contributed by atoms with Gasteiger partial charge in [0.25, 0.3) is 10.0 Å². The van der Waals surface area contributed by atoms with Gasteiger partial charge in [0, 0.05) is 12.0 Å². The number of halogens is 3. The maximum Gasteiger partial charge on any atom is 0.534 e. The number of aryl methyl sites for hydroxylation is 1. The lowest BCUT2D eigenvalue weighted by Crippen LogP contribution is -2.44. The van der Waals surface area contributed by atoms with Crippen LogP contribution < -0.4 is 0 Å². The number of benzene rings is 1. The number of hydrogen-bond donors (Lipinski definition) is 0. The zero-order valence-corrected chi connectivity index (χ0v) is 17.2. The van der Waals surface area contributed by atoms with Gasteiger partial charge in [0.1, 0.15) is 0 Å². The fourth-order valence-electron chi connectivity index (χ4n) is 2.60. The van der Waals surface area contributed by atoms with Crippen molar-refractivity contribution < 1.29 is 38.9 Å². The zero-order chi connectivity index (χ0) is 21.5. The number of rotatable bonds is 6. The Labute approximate surface area is 161 Å². The van der Waals surface area contributed by atoms with Gasteiger partial charge in [-0.1, -0.05) is 31.5 Å². The van der Waals surface area contributed by atoms with Crippen LogP contribution in [0.3, 0.4) is 0 Å². The van der Waals surface area contributed by atoms with E-state index >= 15 is 0 Å². The van der Waals surface area contributed by atoms with Crippen molar-refractivity contribution >= 4 is 20.1 Å². The summed E-state index contributed by atoms with van der Waals surface area (Å²) in [5.41, 5.74) is -6.13. The minimum Gasteiger partial charge on any atom is -0.357 e. The summed E-state index contributed by atoms with van der Waals surface area (Å²) in [7, 11) is -10.6. The van der Waals surface area contributed by atoms with Gasteiger partial charge < -0.3 is 8.92 Å². The highest BCUT2D eigenvalue weighted by molar-refractivity contribution is 7.89. The van der Waals surface area contributed by atoms with E-state index in [0.717, 1.165) is 11.6 Å². The van der Waals surface area contributed by atoms with Gasteiger partial charge in [0.05, 0.1) is 4.90 Å². The van der Waals surface area contributed by atoms with Crippen molar-refractivity contribution in [2.45, 2.75) is 44.3 Å². The summed E-state index contributed by atoms with van der Waals surface area (Å²) in [5, 5.41) is 0. The number of hydrogen-bond acceptors (Lipinski definition) is 6. The van der Waals surface area contributed by atoms with Crippen molar-refractivity contribution in [3.8, 4) is 0 Å². The molecule has 158 valence electrons. The second kappa shape index (κ2) is 7.23. The third kappa shape index (κ3) is 4.13. The Bertz CT molecular complexity index is 967. The average molecular weight is 443 g/mol. The van der Waals surface area contributed by atoms with E-state index < -0.39 is 43.2 Å². The van der Waals surface area contributed by atoms with Crippen LogP contribution in [-0.4, -0.2) is 39.5 Å². The number of nitrogens with zero attached hydrogens (tertiary/aromatic N) is 1. The minimum absolute atomic E-state index is 0.0289. The third-order valence-corrected chi connectivity index (χ3v) is 6.66. The molecule has 0 aliphatic carbocycles. The van der Waals surface area contributed by atoms with Crippen LogP contribution in [0.25, 0.3) is 0 Å². The molecule has 1 aromatic rings. The molecule has 0 fully saturated rings. The molecule has 1 aliphatic rings. The molecule has 0 radical (unpaired) electrons. The van der Waals surface area contributed by atoms with Crippen molar-refractivity contribution in [2.24, 2.45) is 5.41 Å². The molecule has 12 heteroatoms. The van der Waals surface area contributed by atoms with E-state index in [4.69, 9.17) is 4.74 Å². The molecule has 1 unspecified atom stereocenters. The Hall–Kier alpha value is -1.79. The molecule has 0 bridgehead atoms. The van der Waals surface area contributed by atoms with Crippen molar-refractivity contribution in [3.63, 3.8) is 0 Å². The van der Waals surface area contributed by atoms with Crippen LogP contribution >= 0.6 is 0 Å². The molecule has 0 aromatic heterocycles. The molecule has 0 amide bonds. The van der Waals surface area contributed by atoms with Crippen molar-refractivity contribution in [1.29, 1.82) is 0 Å². The Kier molecular flexibility index (Phi) is 5.81. The highest BCUT2D eigenvalue weighted by Crippen LogP contribution is 2.43. The fraction of sp³-hybridized carbons (Fsp3) is 0.500. The van der Waals surface area contributed by atoms with Crippen LogP contribution in [0.5, 0.6) is 0 Å². The summed E-state index contributed by atoms with van der Waals surface area (Å²) in [4.78, 5) is -0.251. The first-order valence-electron chi connectivity index (χ1n) is 8.10. The van der Waals surface area contributed by atoms with Crippen LogP contribution in [0.2, 0.25) is 0 Å². The van der Waals surface area contributed by atoms with Gasteiger partial charge in [-0.2, -0.15) is 21.6 Å². The highest BCUT2D eigenvalue weighted by Gasteiger charge is 2.54. The molecule has 1 heterocycles. The van der Waals surface area contributed by atoms with E-state index in [9.17, 15) is 30.0 Å². The molecule has 28 heavy (non-hydrogen) atoms. The first kappa shape index (κ1) is 22.5. The van der Waals surface area contributed by atoms with Gasteiger partial charge in [-0.05, 0) is 32.1 Å². The van der Waals surface area contributed by atoms with Crippen LogP contribution in [-0.2, 0) is 29.1 Å². The van der Waals surface area contributed by atoms with Gasteiger partial charge in [0.2, 0.25) is 5.88 Å². The molecule has 0 spiro atoms. The molecule has 1 aromatic carbocycles. The molecule has 1 atom stereocenters. The predicted molar refractivity (Wildman–Crippen MR) is 93.5 cm³/mol. The smallest absolute Gasteiger partial charge is 0.357 e. The van der Waals surface area contributed by atoms with Gasteiger partial charge in [-0.3, -0.25) is 0 Å². The number of sulfonamides is 1. The van der Waals surface area contributed by atoms with Crippen LogP contribution in [0.1, 0.15) is 26.3 Å². The maximum atomic E-state index is 13.1. The van der Waals surface area contributed by atoms with Crippen LogP contribution in [0, 0.1) is 12.3 Å². The highest BCUT2D eigenvalue weighted by atomic mass is 32.2. The minimum atomic E-state index is -6.08. The largest absolute Gasteiger partial charge is 0.534 e. The van der Waals surface area contributed by atoms with Crippen LogP contribution in [0.4, 0.5) is 13.2 Å². The van der Waals surface area contributed by atoms with E-state index in [1.54, 1.807) is 13.8 Å². The van der Waals surface area contributed by atoms with Crippen molar-refractivity contribution in [3.05, 3.63) is 41.8 Å². The predicted octanol–water partition coefficient (Wildman–Crippen LogP) is 3.10. The molecule has 0 saturated heterocycles. The molecular weight excluding hydrogens is 423 g/mol. The SMILES string of the molecule is CCOC1N(S(=O)(=O)c2ccc(C)cc2)C(OS(=O)(=O)C(F)(F)F)=CC1(C)C.